The van der Waals surface area contributed by atoms with E-state index in [4.69, 9.17) is 16.3 Å². The van der Waals surface area contributed by atoms with E-state index >= 15 is 0 Å². The fraction of sp³-hybridized carbons (Fsp3) is 0.783. The van der Waals surface area contributed by atoms with Gasteiger partial charge in [0.05, 0.1) is 23.5 Å². The maximum Gasteiger partial charge on any atom is 0.310 e. The van der Waals surface area contributed by atoms with Crippen molar-refractivity contribution in [2.75, 3.05) is 44.3 Å². The lowest BCUT2D eigenvalue weighted by Crippen LogP contribution is -2.67. The van der Waals surface area contributed by atoms with Crippen molar-refractivity contribution < 1.29 is 23.1 Å². The number of hydrogen-bond acceptors (Lipinski definition) is 7. The summed E-state index contributed by atoms with van der Waals surface area (Å²) < 4.78 is 29.9. The predicted molar refractivity (Wildman–Crippen MR) is 224 cm³/mol. The van der Waals surface area contributed by atoms with Crippen LogP contribution in [0.3, 0.4) is 0 Å². The van der Waals surface area contributed by atoms with Crippen LogP contribution in [0.5, 0.6) is 5.75 Å². The Balaban J connectivity index is 0.958. The second-order valence-electron chi connectivity index (χ2n) is 20.7. The number of nitrogens with zero attached hydrogens (tertiary/aromatic N) is 2. The summed E-state index contributed by atoms with van der Waals surface area (Å²) in [4.78, 5) is 19.1. The molecular formula is C46H68ClN3O5S. The first-order valence-electron chi connectivity index (χ1n) is 22.0. The fourth-order valence-electron chi connectivity index (χ4n) is 15.0. The quantitative estimate of drug-likeness (QED) is 0.226. The second-order valence-corrected chi connectivity index (χ2v) is 23.4. The van der Waals surface area contributed by atoms with E-state index < -0.39 is 21.2 Å². The zero-order valence-electron chi connectivity index (χ0n) is 34.8. The van der Waals surface area contributed by atoms with E-state index in [1.165, 1.54) is 68.9 Å². The molecule has 5 fully saturated rings. The Labute approximate surface area is 342 Å². The van der Waals surface area contributed by atoms with E-state index in [0.717, 1.165) is 37.8 Å². The average molecular weight is 811 g/mol. The monoisotopic (exact) mass is 809 g/mol. The van der Waals surface area contributed by atoms with Crippen LogP contribution in [0.15, 0.2) is 41.6 Å². The summed E-state index contributed by atoms with van der Waals surface area (Å²) in [5, 5.41) is 15.0. The van der Waals surface area contributed by atoms with Crippen molar-refractivity contribution in [1.82, 2.24) is 15.2 Å². The van der Waals surface area contributed by atoms with Gasteiger partial charge in [-0.15, -0.1) is 0 Å². The number of allylic oxidation sites excluding steroid dienone is 4. The standard InChI is InChI=1S/C46H68ClN3O5S/c1-41(2)34(32-10-18-45(19-11-32,40(51)52)22-28-55-33-14-23-48-39(47)31-33)12-16-42(3)37(41)13-17-44(5)38(42)9-8-35-36-7-6-15-46(36,21-20-43(35,44)4)49-24-25-50-26-29-56(53,54)30-27-50/h10,12,14,23,31,35-38,49H,6-9,11,13,15-22,24-30H2,1-5H3,(H,51,52)/t35?,36-,37?,38?,42?,43-,44?,45?,46?/m1/s1. The van der Waals surface area contributed by atoms with E-state index in [-0.39, 0.29) is 16.4 Å². The third-order valence-corrected chi connectivity index (χ3v) is 20.1. The van der Waals surface area contributed by atoms with Crippen molar-refractivity contribution in [3.05, 3.63) is 46.8 Å². The molecule has 0 aromatic carbocycles. The van der Waals surface area contributed by atoms with Gasteiger partial charge in [-0.2, -0.15) is 0 Å². The number of carboxylic acids is 1. The third kappa shape index (κ3) is 6.73. The third-order valence-electron chi connectivity index (χ3n) is 18.2. The van der Waals surface area contributed by atoms with Crippen LogP contribution in [0.4, 0.5) is 0 Å². The van der Waals surface area contributed by atoms with Crippen molar-refractivity contribution in [3.63, 3.8) is 0 Å². The number of aromatic nitrogens is 1. The molecule has 1 saturated heterocycles. The topological polar surface area (TPSA) is 109 Å². The number of rotatable bonds is 10. The van der Waals surface area contributed by atoms with Gasteiger partial charge in [-0.05, 0) is 146 Å². The summed E-state index contributed by atoms with van der Waals surface area (Å²) in [6.07, 6.45) is 21.8. The first kappa shape index (κ1) is 40.8. The first-order valence-corrected chi connectivity index (χ1v) is 24.2. The van der Waals surface area contributed by atoms with Crippen LogP contribution in [0.1, 0.15) is 125 Å². The Morgan fingerprint density at radius 1 is 0.946 bits per heavy atom. The Hall–Kier alpha value is -1.94. The van der Waals surface area contributed by atoms with Crippen LogP contribution in [0, 0.1) is 50.7 Å². The Kier molecular flexibility index (Phi) is 10.7. The molecule has 56 heavy (non-hydrogen) atoms. The Morgan fingerprint density at radius 3 is 2.45 bits per heavy atom. The molecular weight excluding hydrogens is 742 g/mol. The minimum absolute atomic E-state index is 0.0283. The molecule has 0 bridgehead atoms. The maximum atomic E-state index is 12.8. The van der Waals surface area contributed by atoms with Crippen molar-refractivity contribution in [3.8, 4) is 5.75 Å². The molecule has 6 aliphatic carbocycles. The van der Waals surface area contributed by atoms with Gasteiger partial charge in [0.2, 0.25) is 0 Å². The number of ether oxygens (including phenoxy) is 1. The van der Waals surface area contributed by atoms with Crippen molar-refractivity contribution in [2.24, 2.45) is 50.7 Å². The SMILES string of the molecule is CC1(C)C(C2=CCC(CCOc3ccnc(Cl)c3)(C(=O)O)CC2)=CCC2(C)C1CCC1(C)C2CCC2[C@H]3CCCC3(NCCN3CCS(=O)(=O)CC3)CC[C@]21C. The van der Waals surface area contributed by atoms with E-state index in [2.05, 4.69) is 62.0 Å². The van der Waals surface area contributed by atoms with Gasteiger partial charge in [0.25, 0.3) is 0 Å². The summed E-state index contributed by atoms with van der Waals surface area (Å²) >= 11 is 6.04. The van der Waals surface area contributed by atoms with Gasteiger partial charge in [0, 0.05) is 44.0 Å². The smallest absolute Gasteiger partial charge is 0.310 e. The number of hydrogen-bond donors (Lipinski definition) is 2. The van der Waals surface area contributed by atoms with Crippen LogP contribution in [-0.2, 0) is 14.6 Å². The van der Waals surface area contributed by atoms with Crippen LogP contribution in [0.2, 0.25) is 5.15 Å². The number of fused-ring (bicyclic) bond motifs is 7. The molecule has 10 heteroatoms. The second kappa shape index (κ2) is 14.7. The number of carbonyl (C=O) groups is 1. The van der Waals surface area contributed by atoms with E-state index in [9.17, 15) is 18.3 Å². The van der Waals surface area contributed by atoms with E-state index in [1.54, 1.807) is 18.3 Å². The normalized spacial score (nSPS) is 41.6. The van der Waals surface area contributed by atoms with E-state index in [1.807, 2.05) is 0 Å². The zero-order valence-corrected chi connectivity index (χ0v) is 36.4. The molecule has 0 amide bonds. The number of sulfone groups is 1. The van der Waals surface area contributed by atoms with Gasteiger partial charge in [-0.1, -0.05) is 64.8 Å². The fourth-order valence-corrected chi connectivity index (χ4v) is 16.4. The lowest BCUT2D eigenvalue weighted by atomic mass is 9.33. The van der Waals surface area contributed by atoms with E-state index in [0.29, 0.717) is 84.0 Å². The van der Waals surface area contributed by atoms with Crippen LogP contribution in [-0.4, -0.2) is 79.2 Å². The highest BCUT2D eigenvalue weighted by Gasteiger charge is 2.69. The summed E-state index contributed by atoms with van der Waals surface area (Å²) in [6, 6.07) is 3.43. The molecule has 2 N–H and O–H groups in total. The number of nitrogens with one attached hydrogen (secondary N) is 1. The van der Waals surface area contributed by atoms with Crippen LogP contribution >= 0.6 is 11.6 Å². The molecule has 8 rings (SSSR count). The van der Waals surface area contributed by atoms with Crippen LogP contribution < -0.4 is 10.1 Å². The molecule has 4 saturated carbocycles. The molecule has 1 aromatic heterocycles. The van der Waals surface area contributed by atoms with Gasteiger partial charge >= 0.3 is 5.97 Å². The van der Waals surface area contributed by atoms with Gasteiger partial charge in [0.1, 0.15) is 10.9 Å². The summed E-state index contributed by atoms with van der Waals surface area (Å²) in [6.45, 7) is 16.7. The molecule has 2 heterocycles. The number of halogens is 1. The predicted octanol–water partition coefficient (Wildman–Crippen LogP) is 9.15. The van der Waals surface area contributed by atoms with Gasteiger partial charge in [-0.25, -0.2) is 13.4 Å². The maximum absolute atomic E-state index is 12.8. The number of aliphatic carboxylic acids is 1. The number of carboxylic acid groups (broad SMARTS) is 1. The molecule has 1 aromatic rings. The minimum Gasteiger partial charge on any atom is -0.493 e. The highest BCUT2D eigenvalue weighted by molar-refractivity contribution is 7.91. The van der Waals surface area contributed by atoms with Crippen LogP contribution in [0.25, 0.3) is 0 Å². The number of pyridine rings is 1. The molecule has 8 nitrogen and oxygen atoms in total. The average Bonchev–Trinajstić information content (AvgIpc) is 3.57. The summed E-state index contributed by atoms with van der Waals surface area (Å²) in [5.41, 5.74) is 3.20. The molecule has 0 spiro atoms. The lowest BCUT2D eigenvalue weighted by molar-refractivity contribution is -0.218. The molecule has 7 aliphatic rings. The highest BCUT2D eigenvalue weighted by atomic mass is 35.5. The van der Waals surface area contributed by atoms with Crippen molar-refractivity contribution in [2.45, 2.75) is 130 Å². The van der Waals surface area contributed by atoms with Gasteiger partial charge < -0.3 is 20.1 Å². The first-order chi connectivity index (χ1) is 26.5. The Bertz CT molecular complexity index is 1850. The largest absolute Gasteiger partial charge is 0.493 e. The summed E-state index contributed by atoms with van der Waals surface area (Å²) in [5.74, 6) is 3.29. The van der Waals surface area contributed by atoms with Gasteiger partial charge in [-0.3, -0.25) is 4.79 Å². The van der Waals surface area contributed by atoms with Crippen molar-refractivity contribution in [1.29, 1.82) is 0 Å². The molecule has 0 radical (unpaired) electrons. The molecule has 9 atom stereocenters. The van der Waals surface area contributed by atoms with Crippen molar-refractivity contribution >= 4 is 27.4 Å². The molecule has 7 unspecified atom stereocenters. The minimum atomic E-state index is -2.85. The Morgan fingerprint density at radius 2 is 1.73 bits per heavy atom. The summed E-state index contributed by atoms with van der Waals surface area (Å²) in [7, 11) is -2.85. The highest BCUT2D eigenvalue weighted by Crippen LogP contribution is 2.76. The zero-order chi connectivity index (χ0) is 39.8. The molecule has 310 valence electrons. The lowest BCUT2D eigenvalue weighted by Gasteiger charge is -2.72. The van der Waals surface area contributed by atoms with Gasteiger partial charge in [0.15, 0.2) is 9.84 Å². The molecule has 1 aliphatic heterocycles.